The van der Waals surface area contributed by atoms with E-state index in [1.54, 1.807) is 13.2 Å². The summed E-state index contributed by atoms with van der Waals surface area (Å²) in [5.74, 6) is 1.49. The number of hydrogen-bond donors (Lipinski definition) is 1. The first kappa shape index (κ1) is 16.4. The Morgan fingerprint density at radius 2 is 2.21 bits per heavy atom. The highest BCUT2D eigenvalue weighted by molar-refractivity contribution is 7.99. The Balaban J connectivity index is 1.79. The molecule has 0 aliphatic carbocycles. The average Bonchev–Trinajstić information content (AvgIpc) is 3.09. The highest BCUT2D eigenvalue weighted by atomic mass is 32.2. The quantitative estimate of drug-likeness (QED) is 0.821. The first-order valence-electron chi connectivity index (χ1n) is 7.36. The predicted molar refractivity (Wildman–Crippen MR) is 89.9 cm³/mol. The lowest BCUT2D eigenvalue weighted by Gasteiger charge is -2.13. The second kappa shape index (κ2) is 6.96. The first-order chi connectivity index (χ1) is 11.7. The van der Waals surface area contributed by atoms with Crippen LogP contribution in [-0.4, -0.2) is 35.4 Å². The molecule has 0 saturated carbocycles. The smallest absolute Gasteiger partial charge is 0.267 e. The number of rotatable bonds is 5. The van der Waals surface area contributed by atoms with Gasteiger partial charge in [0.15, 0.2) is 16.7 Å². The molecule has 24 heavy (non-hydrogen) atoms. The molecule has 2 heterocycles. The second-order valence-corrected chi connectivity index (χ2v) is 6.16. The molecule has 8 heteroatoms. The van der Waals surface area contributed by atoms with Crippen molar-refractivity contribution >= 4 is 17.7 Å². The van der Waals surface area contributed by atoms with Crippen LogP contribution in [0.2, 0.25) is 0 Å². The molecule has 1 amide bonds. The summed E-state index contributed by atoms with van der Waals surface area (Å²) in [6.45, 7) is 0.797. The SMILES string of the molecule is COc1cccc(CNC(=O)c2cnc3n(c2=O)CCS3)c1OC. The van der Waals surface area contributed by atoms with Gasteiger partial charge in [-0.3, -0.25) is 14.2 Å². The summed E-state index contributed by atoms with van der Waals surface area (Å²) < 4.78 is 12.1. The summed E-state index contributed by atoms with van der Waals surface area (Å²) in [6.07, 6.45) is 1.34. The molecule has 0 fully saturated rings. The number of carbonyl (C=O) groups excluding carboxylic acids is 1. The number of fused-ring (bicyclic) bond motifs is 1. The third-order valence-corrected chi connectivity index (χ3v) is 4.70. The van der Waals surface area contributed by atoms with E-state index in [0.717, 1.165) is 11.3 Å². The number of para-hydroxylation sites is 1. The zero-order valence-corrected chi connectivity index (χ0v) is 14.2. The van der Waals surface area contributed by atoms with Gasteiger partial charge in [0.2, 0.25) is 0 Å². The van der Waals surface area contributed by atoms with Crippen LogP contribution in [0.15, 0.2) is 34.3 Å². The standard InChI is InChI=1S/C16H17N3O4S/c1-22-12-5-3-4-10(13(12)23-2)8-17-14(20)11-9-18-16-19(15(11)21)6-7-24-16/h3-5,9H,6-8H2,1-2H3,(H,17,20). The molecular formula is C16H17N3O4S. The van der Waals surface area contributed by atoms with Gasteiger partial charge in [-0.05, 0) is 6.07 Å². The van der Waals surface area contributed by atoms with Crippen LogP contribution in [0.25, 0.3) is 0 Å². The summed E-state index contributed by atoms with van der Waals surface area (Å²) >= 11 is 1.51. The van der Waals surface area contributed by atoms with Gasteiger partial charge >= 0.3 is 0 Å². The van der Waals surface area contributed by atoms with Crippen molar-refractivity contribution in [3.8, 4) is 11.5 Å². The van der Waals surface area contributed by atoms with Crippen molar-refractivity contribution in [2.24, 2.45) is 0 Å². The molecule has 1 N–H and O–H groups in total. The van der Waals surface area contributed by atoms with Gasteiger partial charge in [0.1, 0.15) is 5.56 Å². The molecule has 0 atom stereocenters. The Labute approximate surface area is 143 Å². The molecule has 1 aliphatic rings. The summed E-state index contributed by atoms with van der Waals surface area (Å²) in [6, 6.07) is 5.41. The van der Waals surface area contributed by atoms with Crippen molar-refractivity contribution in [2.45, 2.75) is 18.2 Å². The van der Waals surface area contributed by atoms with Crippen molar-refractivity contribution in [3.05, 3.63) is 45.9 Å². The van der Waals surface area contributed by atoms with E-state index in [4.69, 9.17) is 9.47 Å². The molecule has 0 spiro atoms. The minimum Gasteiger partial charge on any atom is -0.493 e. The molecule has 0 radical (unpaired) electrons. The van der Waals surface area contributed by atoms with Crippen molar-refractivity contribution in [2.75, 3.05) is 20.0 Å². The van der Waals surface area contributed by atoms with E-state index in [2.05, 4.69) is 10.3 Å². The lowest BCUT2D eigenvalue weighted by Crippen LogP contribution is -2.33. The largest absolute Gasteiger partial charge is 0.493 e. The third-order valence-electron chi connectivity index (χ3n) is 3.73. The molecule has 7 nitrogen and oxygen atoms in total. The van der Waals surface area contributed by atoms with Gasteiger partial charge in [0.25, 0.3) is 11.5 Å². The maximum atomic E-state index is 12.3. The number of ether oxygens (including phenoxy) is 2. The van der Waals surface area contributed by atoms with Crippen molar-refractivity contribution in [1.29, 1.82) is 0 Å². The molecule has 2 aromatic rings. The topological polar surface area (TPSA) is 82.5 Å². The molecule has 126 valence electrons. The molecular weight excluding hydrogens is 330 g/mol. The third kappa shape index (κ3) is 2.96. The van der Waals surface area contributed by atoms with E-state index in [1.807, 2.05) is 12.1 Å². The number of benzene rings is 1. The van der Waals surface area contributed by atoms with Crippen LogP contribution >= 0.6 is 11.8 Å². The normalized spacial score (nSPS) is 12.6. The molecule has 3 rings (SSSR count). The molecule has 0 bridgehead atoms. The predicted octanol–water partition coefficient (Wildman–Crippen LogP) is 1.30. The number of methoxy groups -OCH3 is 2. The lowest BCUT2D eigenvalue weighted by molar-refractivity contribution is 0.0947. The van der Waals surface area contributed by atoms with E-state index >= 15 is 0 Å². The van der Waals surface area contributed by atoms with Gasteiger partial charge < -0.3 is 14.8 Å². The zero-order valence-electron chi connectivity index (χ0n) is 13.4. The summed E-state index contributed by atoms with van der Waals surface area (Å²) in [5.41, 5.74) is 0.498. The Kier molecular flexibility index (Phi) is 4.75. The molecule has 0 unspecified atom stereocenters. The second-order valence-electron chi connectivity index (χ2n) is 5.10. The minimum absolute atomic E-state index is 0.0445. The molecule has 1 aliphatic heterocycles. The Bertz CT molecular complexity index is 835. The maximum absolute atomic E-state index is 12.3. The van der Waals surface area contributed by atoms with Crippen LogP contribution in [0.1, 0.15) is 15.9 Å². The van der Waals surface area contributed by atoms with Crippen LogP contribution in [-0.2, 0) is 13.1 Å². The fourth-order valence-electron chi connectivity index (χ4n) is 2.54. The summed E-state index contributed by atoms with van der Waals surface area (Å²) in [7, 11) is 3.09. The molecule has 0 saturated heterocycles. The zero-order chi connectivity index (χ0) is 17.1. The summed E-state index contributed by atoms with van der Waals surface area (Å²) in [5, 5.41) is 3.40. The Morgan fingerprint density at radius 3 is 2.96 bits per heavy atom. The van der Waals surface area contributed by atoms with Gasteiger partial charge in [-0.15, -0.1) is 0 Å². The van der Waals surface area contributed by atoms with E-state index in [1.165, 1.54) is 29.6 Å². The first-order valence-corrected chi connectivity index (χ1v) is 8.35. The Hall–Kier alpha value is -2.48. The van der Waals surface area contributed by atoms with E-state index in [0.29, 0.717) is 23.2 Å². The number of aromatic nitrogens is 2. The minimum atomic E-state index is -0.454. The van der Waals surface area contributed by atoms with Crippen LogP contribution < -0.4 is 20.3 Å². The van der Waals surface area contributed by atoms with Crippen LogP contribution in [0, 0.1) is 0 Å². The number of amides is 1. The fourth-order valence-corrected chi connectivity index (χ4v) is 3.45. The van der Waals surface area contributed by atoms with Gasteiger partial charge in [-0.25, -0.2) is 4.98 Å². The van der Waals surface area contributed by atoms with Crippen LogP contribution in [0.4, 0.5) is 0 Å². The van der Waals surface area contributed by atoms with Crippen molar-refractivity contribution in [3.63, 3.8) is 0 Å². The van der Waals surface area contributed by atoms with Gasteiger partial charge in [-0.2, -0.15) is 0 Å². The number of carbonyl (C=O) groups is 1. The van der Waals surface area contributed by atoms with Crippen molar-refractivity contribution < 1.29 is 14.3 Å². The van der Waals surface area contributed by atoms with E-state index in [-0.39, 0.29) is 17.7 Å². The van der Waals surface area contributed by atoms with Gasteiger partial charge in [0, 0.05) is 30.6 Å². The maximum Gasteiger partial charge on any atom is 0.267 e. The average molecular weight is 347 g/mol. The molecule has 1 aromatic carbocycles. The molecule has 1 aromatic heterocycles. The van der Waals surface area contributed by atoms with Gasteiger partial charge in [-0.1, -0.05) is 23.9 Å². The van der Waals surface area contributed by atoms with E-state index in [9.17, 15) is 9.59 Å². The number of nitrogens with zero attached hydrogens (tertiary/aromatic N) is 2. The van der Waals surface area contributed by atoms with Crippen molar-refractivity contribution in [1.82, 2.24) is 14.9 Å². The number of thioether (sulfide) groups is 1. The van der Waals surface area contributed by atoms with Crippen LogP contribution in [0.3, 0.4) is 0 Å². The Morgan fingerprint density at radius 1 is 1.38 bits per heavy atom. The highest BCUT2D eigenvalue weighted by Crippen LogP contribution is 2.30. The number of nitrogens with one attached hydrogen (secondary N) is 1. The van der Waals surface area contributed by atoms with Gasteiger partial charge in [0.05, 0.1) is 14.2 Å². The summed E-state index contributed by atoms with van der Waals surface area (Å²) in [4.78, 5) is 28.9. The number of hydrogen-bond acceptors (Lipinski definition) is 6. The van der Waals surface area contributed by atoms with Crippen LogP contribution in [0.5, 0.6) is 11.5 Å². The highest BCUT2D eigenvalue weighted by Gasteiger charge is 2.20. The lowest BCUT2D eigenvalue weighted by atomic mass is 10.1. The van der Waals surface area contributed by atoms with E-state index < -0.39 is 5.91 Å². The fraction of sp³-hybridized carbons (Fsp3) is 0.312. The monoisotopic (exact) mass is 347 g/mol.